The maximum Gasteiger partial charge on any atom is 0.234 e. The van der Waals surface area contributed by atoms with Crippen LogP contribution in [0.1, 0.15) is 40.0 Å². The predicted octanol–water partition coefficient (Wildman–Crippen LogP) is 1.11. The minimum absolute atomic E-state index is 0.0829. The minimum Gasteiger partial charge on any atom is -0.355 e. The van der Waals surface area contributed by atoms with Gasteiger partial charge in [-0.05, 0) is 20.3 Å². The molecule has 2 aliphatic rings. The normalized spacial score (nSPS) is 32.0. The topological polar surface area (TPSA) is 63.7 Å². The van der Waals surface area contributed by atoms with Crippen LogP contribution >= 0.6 is 0 Å². The summed E-state index contributed by atoms with van der Waals surface area (Å²) in [6.07, 6.45) is 0.680. The van der Waals surface area contributed by atoms with E-state index in [1.165, 1.54) is 11.8 Å². The molecule has 2 rings (SSSR count). The molecule has 3 atom stereocenters. The van der Waals surface area contributed by atoms with Gasteiger partial charge in [0.05, 0.1) is 6.10 Å². The van der Waals surface area contributed by atoms with Gasteiger partial charge in [0, 0.05) is 31.6 Å². The summed E-state index contributed by atoms with van der Waals surface area (Å²) >= 11 is 0. The molecule has 0 aromatic heterocycles. The van der Waals surface area contributed by atoms with Gasteiger partial charge in [0.15, 0.2) is 0 Å². The number of hydrogen-bond donors (Lipinski definition) is 0. The highest BCUT2D eigenvalue weighted by Crippen LogP contribution is 2.41. The molecule has 0 N–H and O–H groups in total. The Bertz CT molecular complexity index is 390. The van der Waals surface area contributed by atoms with Gasteiger partial charge in [-0.3, -0.25) is 19.3 Å². The Labute approximate surface area is 106 Å². The monoisotopic (exact) mass is 253 g/mol. The second kappa shape index (κ2) is 4.80. The molecular weight excluding hydrogens is 234 g/mol. The molecule has 0 aromatic carbocycles. The molecule has 18 heavy (non-hydrogen) atoms. The third kappa shape index (κ3) is 2.19. The zero-order chi connectivity index (χ0) is 13.4. The lowest BCUT2D eigenvalue weighted by Crippen LogP contribution is -2.42. The van der Waals surface area contributed by atoms with E-state index in [0.29, 0.717) is 19.3 Å². The van der Waals surface area contributed by atoms with Crippen molar-refractivity contribution in [3.05, 3.63) is 0 Å². The van der Waals surface area contributed by atoms with Gasteiger partial charge in [0.2, 0.25) is 11.8 Å². The molecule has 1 aliphatic carbocycles. The van der Waals surface area contributed by atoms with Crippen molar-refractivity contribution in [2.75, 3.05) is 0 Å². The standard InChI is InChI=1S/C13H19NO4/c1-7(2)18-13-11-6-9(16)4-5-10(11)12(17)14(13)8(3)15/h7,10-11,13H,4-6H2,1-3H3/t10-,11+,13-/m1/s1. The van der Waals surface area contributed by atoms with Crippen LogP contribution in [-0.2, 0) is 19.1 Å². The third-order valence-corrected chi connectivity index (χ3v) is 3.64. The molecule has 0 aromatic rings. The van der Waals surface area contributed by atoms with Crippen LogP contribution in [-0.4, -0.2) is 34.8 Å². The van der Waals surface area contributed by atoms with E-state index in [-0.39, 0.29) is 35.5 Å². The van der Waals surface area contributed by atoms with Crippen molar-refractivity contribution >= 4 is 17.6 Å². The summed E-state index contributed by atoms with van der Waals surface area (Å²) in [5, 5.41) is 0. The number of nitrogens with zero attached hydrogens (tertiary/aromatic N) is 1. The van der Waals surface area contributed by atoms with E-state index in [1.54, 1.807) is 0 Å². The van der Waals surface area contributed by atoms with Crippen LogP contribution in [0.5, 0.6) is 0 Å². The Hall–Kier alpha value is -1.23. The second-order valence-corrected chi connectivity index (χ2v) is 5.35. The van der Waals surface area contributed by atoms with Crippen molar-refractivity contribution in [2.24, 2.45) is 11.8 Å². The first-order chi connectivity index (χ1) is 8.41. The first-order valence-corrected chi connectivity index (χ1v) is 6.42. The molecule has 0 radical (unpaired) electrons. The summed E-state index contributed by atoms with van der Waals surface area (Å²) in [6.45, 7) is 5.09. The molecule has 100 valence electrons. The van der Waals surface area contributed by atoms with E-state index in [2.05, 4.69) is 0 Å². The van der Waals surface area contributed by atoms with E-state index in [1.807, 2.05) is 13.8 Å². The maximum atomic E-state index is 12.2. The maximum absolute atomic E-state index is 12.2. The predicted molar refractivity (Wildman–Crippen MR) is 63.4 cm³/mol. The molecule has 1 saturated carbocycles. The van der Waals surface area contributed by atoms with Crippen LogP contribution in [0.25, 0.3) is 0 Å². The van der Waals surface area contributed by atoms with Crippen molar-refractivity contribution in [1.29, 1.82) is 0 Å². The van der Waals surface area contributed by atoms with Crippen molar-refractivity contribution in [1.82, 2.24) is 4.90 Å². The molecule has 1 heterocycles. The van der Waals surface area contributed by atoms with E-state index in [4.69, 9.17) is 4.74 Å². The Morgan fingerprint density at radius 3 is 2.61 bits per heavy atom. The summed E-state index contributed by atoms with van der Waals surface area (Å²) < 4.78 is 5.71. The minimum atomic E-state index is -0.566. The number of Topliss-reactive ketones (excluding diaryl/α,β-unsaturated/α-hetero) is 1. The largest absolute Gasteiger partial charge is 0.355 e. The number of ketones is 1. The van der Waals surface area contributed by atoms with Crippen LogP contribution in [0.2, 0.25) is 0 Å². The fourth-order valence-corrected chi connectivity index (χ4v) is 2.91. The van der Waals surface area contributed by atoms with Gasteiger partial charge in [0.1, 0.15) is 12.0 Å². The number of likely N-dealkylation sites (tertiary alicyclic amines) is 1. The van der Waals surface area contributed by atoms with Gasteiger partial charge in [-0.1, -0.05) is 0 Å². The smallest absolute Gasteiger partial charge is 0.234 e. The Morgan fingerprint density at radius 2 is 2.06 bits per heavy atom. The Kier molecular flexibility index (Phi) is 3.52. The van der Waals surface area contributed by atoms with Crippen LogP contribution in [0, 0.1) is 11.8 Å². The number of ether oxygens (including phenoxy) is 1. The Morgan fingerprint density at radius 1 is 1.39 bits per heavy atom. The molecule has 2 fully saturated rings. The number of carbonyl (C=O) groups is 3. The number of amides is 2. The van der Waals surface area contributed by atoms with Crippen LogP contribution < -0.4 is 0 Å². The summed E-state index contributed by atoms with van der Waals surface area (Å²) in [5.74, 6) is -0.703. The van der Waals surface area contributed by atoms with Crippen molar-refractivity contribution in [3.8, 4) is 0 Å². The first kappa shape index (κ1) is 13.2. The molecule has 0 unspecified atom stereocenters. The molecule has 2 amide bonds. The van der Waals surface area contributed by atoms with Gasteiger partial charge >= 0.3 is 0 Å². The molecule has 5 heteroatoms. The van der Waals surface area contributed by atoms with E-state index >= 15 is 0 Å². The average Bonchev–Trinajstić information content (AvgIpc) is 2.51. The lowest BCUT2D eigenvalue weighted by molar-refractivity contribution is -0.157. The second-order valence-electron chi connectivity index (χ2n) is 5.35. The summed E-state index contributed by atoms with van der Waals surface area (Å²) in [5.41, 5.74) is 0. The highest BCUT2D eigenvalue weighted by Gasteiger charge is 2.52. The van der Waals surface area contributed by atoms with Crippen LogP contribution in [0.3, 0.4) is 0 Å². The van der Waals surface area contributed by atoms with Gasteiger partial charge < -0.3 is 4.74 Å². The molecular formula is C13H19NO4. The lowest BCUT2D eigenvalue weighted by atomic mass is 9.80. The highest BCUT2D eigenvalue weighted by atomic mass is 16.5. The van der Waals surface area contributed by atoms with Gasteiger partial charge in [-0.25, -0.2) is 0 Å². The van der Waals surface area contributed by atoms with Crippen molar-refractivity contribution < 1.29 is 19.1 Å². The summed E-state index contributed by atoms with van der Waals surface area (Å²) in [7, 11) is 0. The summed E-state index contributed by atoms with van der Waals surface area (Å²) in [6, 6.07) is 0. The number of fused-ring (bicyclic) bond motifs is 1. The van der Waals surface area contributed by atoms with E-state index in [9.17, 15) is 14.4 Å². The van der Waals surface area contributed by atoms with Crippen molar-refractivity contribution in [3.63, 3.8) is 0 Å². The van der Waals surface area contributed by atoms with Crippen molar-refractivity contribution in [2.45, 2.75) is 52.4 Å². The highest BCUT2D eigenvalue weighted by molar-refractivity contribution is 5.98. The third-order valence-electron chi connectivity index (χ3n) is 3.64. The Balaban J connectivity index is 2.28. The molecule has 0 bridgehead atoms. The fourth-order valence-electron chi connectivity index (χ4n) is 2.91. The van der Waals surface area contributed by atoms with Crippen LogP contribution in [0.15, 0.2) is 0 Å². The van der Waals surface area contributed by atoms with E-state index in [0.717, 1.165) is 0 Å². The number of imide groups is 1. The number of rotatable bonds is 2. The van der Waals surface area contributed by atoms with Gasteiger partial charge in [-0.2, -0.15) is 0 Å². The summed E-state index contributed by atoms with van der Waals surface area (Å²) in [4.78, 5) is 36.6. The SMILES string of the molecule is CC(=O)N1C(=O)[C@@H]2CCC(=O)C[C@@H]2[C@H]1OC(C)C. The van der Waals surface area contributed by atoms with Gasteiger partial charge in [0.25, 0.3) is 0 Å². The fraction of sp³-hybridized carbons (Fsp3) is 0.769. The number of carbonyl (C=O) groups excluding carboxylic acids is 3. The zero-order valence-electron chi connectivity index (χ0n) is 11.0. The van der Waals surface area contributed by atoms with E-state index < -0.39 is 6.23 Å². The first-order valence-electron chi connectivity index (χ1n) is 6.42. The molecule has 5 nitrogen and oxygen atoms in total. The zero-order valence-corrected chi connectivity index (χ0v) is 11.0. The number of hydrogen-bond acceptors (Lipinski definition) is 4. The average molecular weight is 253 g/mol. The molecule has 1 aliphatic heterocycles. The molecule has 1 saturated heterocycles. The lowest BCUT2D eigenvalue weighted by Gasteiger charge is -2.29. The quantitative estimate of drug-likeness (QED) is 0.739. The molecule has 0 spiro atoms. The van der Waals surface area contributed by atoms with Crippen LogP contribution in [0.4, 0.5) is 0 Å². The van der Waals surface area contributed by atoms with Gasteiger partial charge in [-0.15, -0.1) is 0 Å².